The third-order valence-electron chi connectivity index (χ3n) is 6.25. The first-order chi connectivity index (χ1) is 17.4. The quantitative estimate of drug-likeness (QED) is 0.205. The van der Waals surface area contributed by atoms with E-state index in [0.717, 1.165) is 0 Å². The summed E-state index contributed by atoms with van der Waals surface area (Å²) in [4.78, 5) is 38.8. The Hall–Kier alpha value is -3.89. The Morgan fingerprint density at radius 2 is 1.78 bits per heavy atom. The number of nitrogen functional groups attached to an aromatic ring is 1. The van der Waals surface area contributed by atoms with Gasteiger partial charge in [0, 0.05) is 13.0 Å². The number of amides is 2. The van der Waals surface area contributed by atoms with Crippen molar-refractivity contribution in [2.45, 2.75) is 43.8 Å². The highest BCUT2D eigenvalue weighted by Crippen LogP contribution is 2.32. The number of carbonyl (C=O) groups excluding carboxylic acids is 2. The van der Waals surface area contributed by atoms with Crippen LogP contribution in [0, 0.1) is 11.8 Å². The molecular formula is C24H24N6O6. The Morgan fingerprint density at radius 1 is 1.06 bits per heavy atom. The number of nitrogens with two attached hydrogens (primary N) is 1. The van der Waals surface area contributed by atoms with Crippen molar-refractivity contribution in [3.05, 3.63) is 47.5 Å². The minimum absolute atomic E-state index is 0.0976. The van der Waals surface area contributed by atoms with Crippen LogP contribution in [-0.4, -0.2) is 83.0 Å². The Morgan fingerprint density at radius 3 is 2.44 bits per heavy atom. The number of unbranched alkanes of at least 4 members (excludes halogenated alkanes) is 2. The summed E-state index contributed by atoms with van der Waals surface area (Å²) in [5, 5.41) is 29.7. The average Bonchev–Trinajstić information content (AvgIpc) is 3.50. The van der Waals surface area contributed by atoms with Crippen LogP contribution < -0.4 is 5.73 Å². The van der Waals surface area contributed by atoms with Crippen LogP contribution in [0.25, 0.3) is 11.2 Å². The highest BCUT2D eigenvalue weighted by atomic mass is 16.6. The number of aliphatic hydroxyl groups excluding tert-OH is 3. The van der Waals surface area contributed by atoms with E-state index in [9.17, 15) is 24.9 Å². The molecule has 2 aliphatic heterocycles. The Balaban J connectivity index is 1.22. The van der Waals surface area contributed by atoms with Crippen LogP contribution in [0.4, 0.5) is 5.82 Å². The van der Waals surface area contributed by atoms with Crippen molar-refractivity contribution in [2.24, 2.45) is 0 Å². The third kappa shape index (κ3) is 4.08. The molecule has 4 unspecified atom stereocenters. The van der Waals surface area contributed by atoms with E-state index in [1.165, 1.54) is 15.8 Å². The highest BCUT2D eigenvalue weighted by Gasteiger charge is 2.44. The molecule has 36 heavy (non-hydrogen) atoms. The van der Waals surface area contributed by atoms with E-state index in [1.807, 2.05) is 0 Å². The summed E-state index contributed by atoms with van der Waals surface area (Å²) in [6.45, 7) is -0.144. The Kier molecular flexibility index (Phi) is 6.38. The van der Waals surface area contributed by atoms with Gasteiger partial charge in [-0.1, -0.05) is 18.1 Å². The van der Waals surface area contributed by atoms with E-state index in [1.54, 1.807) is 24.3 Å². The lowest BCUT2D eigenvalue weighted by atomic mass is 10.1. The SMILES string of the molecule is Nc1nc(C#CCCCCN2C(=O)c3ccccc3C2=O)nc2c1ncn2C1OC(CO)C(O)C1O. The number of aromatic nitrogens is 4. The number of anilines is 1. The molecule has 5 N–H and O–H groups in total. The van der Waals surface area contributed by atoms with Gasteiger partial charge in [-0.3, -0.25) is 19.1 Å². The molecule has 5 rings (SSSR count). The molecule has 186 valence electrons. The molecule has 12 nitrogen and oxygen atoms in total. The van der Waals surface area contributed by atoms with Gasteiger partial charge in [0.25, 0.3) is 11.8 Å². The maximum Gasteiger partial charge on any atom is 0.261 e. The molecule has 2 amide bonds. The lowest BCUT2D eigenvalue weighted by molar-refractivity contribution is -0.0511. The number of hydrogen-bond acceptors (Lipinski definition) is 10. The molecule has 0 saturated carbocycles. The number of carbonyl (C=O) groups is 2. The van der Waals surface area contributed by atoms with Crippen molar-refractivity contribution in [2.75, 3.05) is 18.9 Å². The fourth-order valence-electron chi connectivity index (χ4n) is 4.36. The van der Waals surface area contributed by atoms with Crippen LogP contribution >= 0.6 is 0 Å². The monoisotopic (exact) mass is 492 g/mol. The number of aliphatic hydroxyl groups is 3. The molecule has 1 aromatic carbocycles. The Bertz CT molecular complexity index is 1360. The van der Waals surface area contributed by atoms with Crippen LogP contribution in [-0.2, 0) is 4.74 Å². The minimum Gasteiger partial charge on any atom is -0.394 e. The molecule has 12 heteroatoms. The van der Waals surface area contributed by atoms with Gasteiger partial charge in [0.15, 0.2) is 17.7 Å². The van der Waals surface area contributed by atoms with E-state index in [2.05, 4.69) is 26.8 Å². The normalized spacial score (nSPS) is 23.2. The van der Waals surface area contributed by atoms with Crippen molar-refractivity contribution < 1.29 is 29.6 Å². The summed E-state index contributed by atoms with van der Waals surface area (Å²) in [6, 6.07) is 6.78. The van der Waals surface area contributed by atoms with E-state index in [4.69, 9.17) is 10.5 Å². The lowest BCUT2D eigenvalue weighted by Crippen LogP contribution is -2.33. The zero-order valence-corrected chi connectivity index (χ0v) is 19.1. The van der Waals surface area contributed by atoms with E-state index >= 15 is 0 Å². The summed E-state index contributed by atoms with van der Waals surface area (Å²) < 4.78 is 6.98. The predicted molar refractivity (Wildman–Crippen MR) is 125 cm³/mol. The van der Waals surface area contributed by atoms with Crippen molar-refractivity contribution in [3.8, 4) is 11.8 Å². The largest absolute Gasteiger partial charge is 0.394 e. The first-order valence-electron chi connectivity index (χ1n) is 11.5. The summed E-state index contributed by atoms with van der Waals surface area (Å²) >= 11 is 0. The molecule has 1 fully saturated rings. The topological polar surface area (TPSA) is 177 Å². The van der Waals surface area contributed by atoms with Gasteiger partial charge in [0.2, 0.25) is 5.82 Å². The van der Waals surface area contributed by atoms with Crippen LogP contribution in [0.5, 0.6) is 0 Å². The van der Waals surface area contributed by atoms with Gasteiger partial charge in [0.1, 0.15) is 23.8 Å². The van der Waals surface area contributed by atoms with E-state index < -0.39 is 31.1 Å². The molecule has 2 aromatic heterocycles. The van der Waals surface area contributed by atoms with Gasteiger partial charge < -0.3 is 25.8 Å². The second-order valence-electron chi connectivity index (χ2n) is 8.55. The second kappa shape index (κ2) is 9.63. The summed E-state index contributed by atoms with van der Waals surface area (Å²) in [5.74, 6) is 5.52. The maximum absolute atomic E-state index is 12.4. The lowest BCUT2D eigenvalue weighted by Gasteiger charge is -2.16. The van der Waals surface area contributed by atoms with Crippen LogP contribution in [0.2, 0.25) is 0 Å². The van der Waals surface area contributed by atoms with Crippen molar-refractivity contribution >= 4 is 28.8 Å². The van der Waals surface area contributed by atoms with Crippen molar-refractivity contribution in [3.63, 3.8) is 0 Å². The molecule has 1 saturated heterocycles. The zero-order chi connectivity index (χ0) is 25.4. The molecule has 0 spiro atoms. The minimum atomic E-state index is -1.30. The number of fused-ring (bicyclic) bond motifs is 2. The molecule has 0 radical (unpaired) electrons. The van der Waals surface area contributed by atoms with Crippen molar-refractivity contribution in [1.29, 1.82) is 0 Å². The van der Waals surface area contributed by atoms with Gasteiger partial charge in [-0.15, -0.1) is 0 Å². The molecule has 0 bridgehead atoms. The van der Waals surface area contributed by atoms with Gasteiger partial charge in [-0.2, -0.15) is 0 Å². The van der Waals surface area contributed by atoms with Gasteiger partial charge >= 0.3 is 0 Å². The Labute approximate surface area is 205 Å². The predicted octanol–water partition coefficient (Wildman–Crippen LogP) is -0.162. The number of nitrogens with zero attached hydrogens (tertiary/aromatic N) is 5. The summed E-state index contributed by atoms with van der Waals surface area (Å²) in [7, 11) is 0. The molecule has 0 aliphatic carbocycles. The molecule has 4 heterocycles. The number of imidazole rings is 1. The number of hydrogen-bond donors (Lipinski definition) is 4. The molecule has 3 aromatic rings. The molecule has 2 aliphatic rings. The standard InChI is InChI=1S/C24H24N6O6/c25-20-17-21(30(12-26-17)24-19(33)18(32)15(11-31)36-24)28-16(27-20)9-3-1-2-6-10-29-22(34)13-7-4-5-8-14(13)23(29)35/h4-5,7-8,12,15,18-19,24,31-33H,1-2,6,10-11H2,(H2,25,27,28). The third-order valence-corrected chi connectivity index (χ3v) is 6.25. The molecule has 4 atom stereocenters. The summed E-state index contributed by atoms with van der Waals surface area (Å²) in [5.41, 5.74) is 7.44. The average molecular weight is 492 g/mol. The van der Waals surface area contributed by atoms with Gasteiger partial charge in [-0.25, -0.2) is 15.0 Å². The van der Waals surface area contributed by atoms with Gasteiger partial charge in [0.05, 0.1) is 24.1 Å². The fraction of sp³-hybridized carbons (Fsp3) is 0.375. The van der Waals surface area contributed by atoms with E-state index in [0.29, 0.717) is 42.5 Å². The molecular weight excluding hydrogens is 468 g/mol. The van der Waals surface area contributed by atoms with Crippen molar-refractivity contribution in [1.82, 2.24) is 24.4 Å². The second-order valence-corrected chi connectivity index (χ2v) is 8.55. The van der Waals surface area contributed by atoms with Gasteiger partial charge in [-0.05, 0) is 30.9 Å². The number of imide groups is 1. The first-order valence-corrected chi connectivity index (χ1v) is 11.5. The van der Waals surface area contributed by atoms with E-state index in [-0.39, 0.29) is 29.1 Å². The number of ether oxygens (including phenoxy) is 1. The van der Waals surface area contributed by atoms with Crippen LogP contribution in [0.1, 0.15) is 52.0 Å². The highest BCUT2D eigenvalue weighted by molar-refractivity contribution is 6.21. The summed E-state index contributed by atoms with van der Waals surface area (Å²) in [6.07, 6.45) is -1.42. The smallest absolute Gasteiger partial charge is 0.261 e. The number of rotatable bonds is 6. The zero-order valence-electron chi connectivity index (χ0n) is 19.1. The maximum atomic E-state index is 12.4. The first kappa shape index (κ1) is 23.8. The van der Waals surface area contributed by atoms with Crippen LogP contribution in [0.3, 0.4) is 0 Å². The fourth-order valence-corrected chi connectivity index (χ4v) is 4.36. The number of benzene rings is 1. The van der Waals surface area contributed by atoms with Crippen LogP contribution in [0.15, 0.2) is 30.6 Å².